The number of amides is 2. The van der Waals surface area contributed by atoms with Crippen LogP contribution < -0.4 is 10.6 Å². The van der Waals surface area contributed by atoms with Crippen LogP contribution in [0.2, 0.25) is 0 Å². The molecule has 2 aromatic rings. The molecule has 2 saturated carbocycles. The van der Waals surface area contributed by atoms with Crippen molar-refractivity contribution in [1.29, 1.82) is 5.31 Å². The van der Waals surface area contributed by atoms with Crippen LogP contribution in [0.3, 0.4) is 0 Å². The zero-order chi connectivity index (χ0) is 50.2. The van der Waals surface area contributed by atoms with Crippen molar-refractivity contribution in [2.45, 2.75) is 178 Å². The van der Waals surface area contributed by atoms with Crippen LogP contribution in [-0.2, 0) is 70.1 Å². The van der Waals surface area contributed by atoms with Crippen molar-refractivity contribution in [2.24, 2.45) is 17.8 Å². The first-order valence-corrected chi connectivity index (χ1v) is 24.1. The third kappa shape index (κ3) is 15.6. The van der Waals surface area contributed by atoms with Crippen molar-refractivity contribution in [3.8, 4) is 0 Å². The van der Waals surface area contributed by atoms with Gasteiger partial charge in [-0.1, -0.05) is 67.6 Å². The second kappa shape index (κ2) is 26.6. The Labute approximate surface area is 404 Å². The van der Waals surface area contributed by atoms with Crippen LogP contribution in [0.25, 0.3) is 0 Å². The van der Waals surface area contributed by atoms with Crippen LogP contribution in [0.4, 0.5) is 13.2 Å². The first-order valence-electron chi connectivity index (χ1n) is 24.8. The first kappa shape index (κ1) is 53.0. The van der Waals surface area contributed by atoms with Crippen molar-refractivity contribution in [1.82, 2.24) is 10.6 Å². The topological polar surface area (TPSA) is 202 Å². The molecule has 4 N–H and O–H groups in total. The van der Waals surface area contributed by atoms with E-state index in [4.69, 9.17) is 49.2 Å². The summed E-state index contributed by atoms with van der Waals surface area (Å²) in [5.74, 6) is -4.66. The molecular formula is C49H69BF3N3O13. The van der Waals surface area contributed by atoms with E-state index in [1.165, 1.54) is 0 Å². The Bertz CT molecular complexity index is 1930. The van der Waals surface area contributed by atoms with Gasteiger partial charge in [0, 0.05) is 5.92 Å². The molecular weight excluding hydrogens is 906 g/mol. The Balaban J connectivity index is 1.32. The predicted molar refractivity (Wildman–Crippen MR) is 243 cm³/mol. The summed E-state index contributed by atoms with van der Waals surface area (Å²) in [4.78, 5) is 38.9. The molecule has 2 aromatic carbocycles. The predicted octanol–water partition coefficient (Wildman–Crippen LogP) is 6.06. The molecule has 0 aromatic heterocycles. The first-order chi connectivity index (χ1) is 33.7. The van der Waals surface area contributed by atoms with E-state index >= 15 is 0 Å². The van der Waals surface area contributed by atoms with Gasteiger partial charge in [0.05, 0.1) is 25.4 Å². The maximum atomic E-state index is 13.6. The number of halogens is 3. The zero-order valence-electron chi connectivity index (χ0n) is 40.6. The molecule has 0 radical (unpaired) electrons. The second-order valence-electron chi connectivity index (χ2n) is 18.5. The fraction of sp³-hybridized carbons (Fsp3) is 0.694. The minimum absolute atomic E-state index is 0.0149. The van der Waals surface area contributed by atoms with E-state index in [2.05, 4.69) is 5.32 Å². The molecule has 382 valence electrons. The molecule has 2 aliphatic heterocycles. The summed E-state index contributed by atoms with van der Waals surface area (Å²) >= 11 is 0. The molecule has 4 aliphatic rings. The number of benzene rings is 2. The maximum absolute atomic E-state index is 13.6. The fourth-order valence-electron chi connectivity index (χ4n) is 9.67. The van der Waals surface area contributed by atoms with Gasteiger partial charge in [0.1, 0.15) is 6.10 Å². The molecule has 2 heterocycles. The minimum atomic E-state index is -5.28. The van der Waals surface area contributed by atoms with Crippen LogP contribution >= 0.6 is 0 Å². The van der Waals surface area contributed by atoms with Crippen molar-refractivity contribution in [3.05, 3.63) is 71.8 Å². The number of alkyl halides is 3. The quantitative estimate of drug-likeness (QED) is 0.0784. The molecule has 0 bridgehead atoms. The molecule has 4 fully saturated rings. The summed E-state index contributed by atoms with van der Waals surface area (Å²) in [6, 6.07) is 17.9. The molecule has 2 amide bonds. The third-order valence-electron chi connectivity index (χ3n) is 13.6. The normalized spacial score (nSPS) is 31.7. The van der Waals surface area contributed by atoms with Gasteiger partial charge in [-0.15, -0.1) is 0 Å². The van der Waals surface area contributed by atoms with Gasteiger partial charge in [-0.25, -0.2) is 0 Å². The number of hydrogen-bond donors (Lipinski definition) is 4. The monoisotopic (exact) mass is 977 g/mol. The van der Waals surface area contributed by atoms with E-state index < -0.39 is 98.0 Å². The molecule has 16 nitrogen and oxygen atoms in total. The summed E-state index contributed by atoms with van der Waals surface area (Å²) in [6.07, 6.45) is -10.3. The Morgan fingerprint density at radius 1 is 0.855 bits per heavy atom. The number of nitrogens with one attached hydrogen (secondary N) is 3. The fourth-order valence-corrected chi connectivity index (χ4v) is 9.67. The van der Waals surface area contributed by atoms with Crippen molar-refractivity contribution in [3.63, 3.8) is 0 Å². The van der Waals surface area contributed by atoms with E-state index in [1.807, 2.05) is 81.4 Å². The van der Waals surface area contributed by atoms with Gasteiger partial charge in [0.25, 0.3) is 0 Å². The molecule has 0 spiro atoms. The number of rotatable bonds is 22. The molecule has 6 rings (SSSR count). The Kier molecular flexibility index (Phi) is 20.4. The Morgan fingerprint density at radius 3 is 2.16 bits per heavy atom. The van der Waals surface area contributed by atoms with E-state index in [9.17, 15) is 32.7 Å². The molecule has 69 heavy (non-hydrogen) atoms. The van der Waals surface area contributed by atoms with Crippen LogP contribution in [0, 0.1) is 23.1 Å². The number of hydrogen-bond acceptors (Lipinski definition) is 14. The van der Waals surface area contributed by atoms with Gasteiger partial charge in [-0.2, -0.15) is 13.2 Å². The summed E-state index contributed by atoms with van der Waals surface area (Å²) in [5.41, 5.74) is 1.90. The number of aliphatic hydroxyl groups excluding tert-OH is 1. The molecule has 2 aliphatic carbocycles. The summed E-state index contributed by atoms with van der Waals surface area (Å²) in [5, 5.41) is 23.7. The Hall–Kier alpha value is -3.86. The molecule has 5 unspecified atom stereocenters. The molecule has 20 heteroatoms. The molecule has 14 atom stereocenters. The van der Waals surface area contributed by atoms with Crippen LogP contribution in [0.15, 0.2) is 60.7 Å². The number of carbonyl (C=O) groups excluding carboxylic acids is 3. The van der Waals surface area contributed by atoms with Gasteiger partial charge in [0.2, 0.25) is 0 Å². The average molecular weight is 978 g/mol. The number of aliphatic hydroxyl groups is 1. The van der Waals surface area contributed by atoms with Crippen molar-refractivity contribution >= 4 is 25.1 Å². The van der Waals surface area contributed by atoms with E-state index in [-0.39, 0.29) is 57.0 Å². The van der Waals surface area contributed by atoms with Crippen LogP contribution in [0.5, 0.6) is 0 Å². The third-order valence-corrected chi connectivity index (χ3v) is 13.6. The van der Waals surface area contributed by atoms with E-state index in [1.54, 1.807) is 5.32 Å². The van der Waals surface area contributed by atoms with Gasteiger partial charge >= 0.3 is 255 Å². The average Bonchev–Trinajstić information content (AvgIpc) is 3.34. The van der Waals surface area contributed by atoms with Gasteiger partial charge in [-0.05, 0) is 18.1 Å². The van der Waals surface area contributed by atoms with E-state index in [0.717, 1.165) is 49.7 Å². The van der Waals surface area contributed by atoms with Gasteiger partial charge in [-0.3, -0.25) is 0 Å². The SMILES string of the molecule is [3H]CCOC[C@@H]1O[C@@H](O[C@@H]2CCCC(C)[C@H]2O[C@@H]2OC(C)[C@@H](C)[C@H](OCc3ccccc3)C2OCc2ccccc2)C(NC(=O)CNC(=O)C(F)(F)F)C(O[C@@H](CC2CCCCC2)C(=O)OB=N)[C@H]1O. The number of ether oxygens (including phenoxy) is 8. The van der Waals surface area contributed by atoms with Crippen LogP contribution in [0.1, 0.15) is 98.0 Å². The van der Waals surface area contributed by atoms with Gasteiger partial charge < -0.3 is 14.2 Å². The van der Waals surface area contributed by atoms with Crippen molar-refractivity contribution < 1.29 is 76.6 Å². The zero-order valence-corrected chi connectivity index (χ0v) is 39.6. The summed E-state index contributed by atoms with van der Waals surface area (Å²) in [6.45, 7) is 4.97. The van der Waals surface area contributed by atoms with E-state index in [0.29, 0.717) is 26.7 Å². The Morgan fingerprint density at radius 2 is 1.52 bits per heavy atom. The summed E-state index contributed by atoms with van der Waals surface area (Å²) in [7, 11) is 0.461. The molecule has 2 saturated heterocycles. The second-order valence-corrected chi connectivity index (χ2v) is 18.5. The number of carbonyl (C=O) groups is 3. The standard InChI is InChI=1S/C49H69BF3N3O13/c1-5-61-28-37-40(58)43(65-36(45(59)69-50-54)24-32-17-9-6-10-18-32)39(56-38(57)25-55-48(60)49(51,52)53)46(67-37)66-35-23-15-16-29(2)41(35)68-47-44(63-27-34-21-13-8-14-22-34)42(30(3)31(4)64-47)62-26-33-19-11-7-12-20-33/h7-8,11-14,19-22,29-32,35-37,39-44,46-47,54,58H,5-6,9-10,15-18,23-28H2,1-4H3,(H,55,60)(H,56,57)/t29?,30-,31?,35-,36+,37+,39?,40+,41-,42+,43?,44?,46-,47+/m1/s1/i1T. The van der Waals surface area contributed by atoms with Gasteiger partial charge in [0.15, 0.2) is 0 Å². The van der Waals surface area contributed by atoms with Crippen LogP contribution in [-0.4, -0.2) is 130 Å². The van der Waals surface area contributed by atoms with Crippen molar-refractivity contribution in [2.75, 3.05) is 19.8 Å². The summed E-state index contributed by atoms with van der Waals surface area (Å²) < 4.78 is 105.